The van der Waals surface area contributed by atoms with Crippen LogP contribution in [0.25, 0.3) is 10.6 Å². The normalized spacial score (nSPS) is 26.2. The highest BCUT2D eigenvalue weighted by molar-refractivity contribution is 7.15. The Morgan fingerprint density at radius 3 is 3.07 bits per heavy atom. The summed E-state index contributed by atoms with van der Waals surface area (Å²) < 4.78 is 0. The molecule has 2 N–H and O–H groups in total. The van der Waals surface area contributed by atoms with Gasteiger partial charge in [-0.25, -0.2) is 4.98 Å². The first kappa shape index (κ1) is 19.0. The molecule has 0 radical (unpaired) electrons. The molecule has 2 fully saturated rings. The summed E-state index contributed by atoms with van der Waals surface area (Å²) in [4.78, 5) is 22.9. The topological polar surface area (TPSA) is 73.9 Å². The molecular weight excluding hydrogens is 402 g/mol. The standard InChI is InChI=1S/C21H25N5OS2/c1-2-22-20(27)21(9-14-12-28-13-23-14)10-15-3-6-19(21)26(15)11-16-4-5-18(29-16)17-7-8-24-25-17/h4-5,7-8,12-13,15,19H,2-3,6,9-11H2,1H3,(H,22,27)(H,24,25)/t15-,19+,21+/m1/s1. The van der Waals surface area contributed by atoms with Crippen molar-refractivity contribution in [1.82, 2.24) is 25.4 Å². The molecule has 5 heterocycles. The number of H-pyrrole nitrogens is 1. The molecule has 0 spiro atoms. The van der Waals surface area contributed by atoms with Crippen molar-refractivity contribution in [3.8, 4) is 10.6 Å². The van der Waals surface area contributed by atoms with Gasteiger partial charge in [-0.05, 0) is 44.4 Å². The molecule has 3 aromatic rings. The van der Waals surface area contributed by atoms with Crippen molar-refractivity contribution in [3.63, 3.8) is 0 Å². The molecule has 0 saturated carbocycles. The highest BCUT2D eigenvalue weighted by Gasteiger charge is 2.59. The molecule has 2 bridgehead atoms. The number of aromatic amines is 1. The molecule has 3 aromatic heterocycles. The smallest absolute Gasteiger partial charge is 0.228 e. The van der Waals surface area contributed by atoms with E-state index >= 15 is 0 Å². The quantitative estimate of drug-likeness (QED) is 0.603. The van der Waals surface area contributed by atoms with Crippen LogP contribution in [0.5, 0.6) is 0 Å². The summed E-state index contributed by atoms with van der Waals surface area (Å²) in [6.45, 7) is 3.59. The number of nitrogens with one attached hydrogen (secondary N) is 2. The molecule has 3 atom stereocenters. The molecule has 8 heteroatoms. The van der Waals surface area contributed by atoms with Gasteiger partial charge in [-0.15, -0.1) is 22.7 Å². The van der Waals surface area contributed by atoms with E-state index in [4.69, 9.17) is 0 Å². The zero-order valence-corrected chi connectivity index (χ0v) is 18.1. The molecule has 6 nitrogen and oxygen atoms in total. The summed E-state index contributed by atoms with van der Waals surface area (Å²) in [6.07, 6.45) is 5.73. The van der Waals surface area contributed by atoms with Crippen molar-refractivity contribution < 1.29 is 4.79 Å². The van der Waals surface area contributed by atoms with E-state index in [-0.39, 0.29) is 17.4 Å². The van der Waals surface area contributed by atoms with Crippen LogP contribution in [0, 0.1) is 5.41 Å². The highest BCUT2D eigenvalue weighted by atomic mass is 32.1. The first-order valence-corrected chi connectivity index (χ1v) is 11.9. The van der Waals surface area contributed by atoms with Crippen molar-refractivity contribution in [2.24, 2.45) is 5.41 Å². The van der Waals surface area contributed by atoms with E-state index in [1.165, 1.54) is 16.2 Å². The van der Waals surface area contributed by atoms with Gasteiger partial charge in [0.1, 0.15) is 0 Å². The average molecular weight is 428 g/mol. The minimum atomic E-state index is -0.365. The van der Waals surface area contributed by atoms with Gasteiger partial charge < -0.3 is 5.32 Å². The molecule has 0 unspecified atom stereocenters. The van der Waals surface area contributed by atoms with E-state index in [1.54, 1.807) is 17.5 Å². The van der Waals surface area contributed by atoms with Crippen LogP contribution in [-0.4, -0.2) is 44.6 Å². The van der Waals surface area contributed by atoms with Crippen LogP contribution in [0.15, 0.2) is 35.3 Å². The van der Waals surface area contributed by atoms with E-state index in [1.807, 2.05) is 29.8 Å². The van der Waals surface area contributed by atoms with Gasteiger partial charge in [0.15, 0.2) is 0 Å². The van der Waals surface area contributed by atoms with Crippen molar-refractivity contribution in [3.05, 3.63) is 45.9 Å². The Balaban J connectivity index is 1.40. The Morgan fingerprint density at radius 1 is 1.38 bits per heavy atom. The molecule has 1 amide bonds. The van der Waals surface area contributed by atoms with Crippen molar-refractivity contribution in [1.29, 1.82) is 0 Å². The molecule has 152 valence electrons. The third kappa shape index (κ3) is 3.33. The Bertz CT molecular complexity index is 967. The number of rotatable bonds is 7. The van der Waals surface area contributed by atoms with Crippen LogP contribution >= 0.6 is 22.7 Å². The second-order valence-corrected chi connectivity index (χ2v) is 9.92. The lowest BCUT2D eigenvalue weighted by Crippen LogP contribution is -2.50. The maximum atomic E-state index is 13.3. The number of amides is 1. The summed E-state index contributed by atoms with van der Waals surface area (Å²) in [6, 6.07) is 7.13. The minimum absolute atomic E-state index is 0.203. The van der Waals surface area contributed by atoms with E-state index < -0.39 is 0 Å². The minimum Gasteiger partial charge on any atom is -0.356 e. The maximum Gasteiger partial charge on any atom is 0.228 e. The third-order valence-corrected chi connectivity index (χ3v) is 8.15. The lowest BCUT2D eigenvalue weighted by atomic mass is 9.70. The van der Waals surface area contributed by atoms with Gasteiger partial charge in [0, 0.05) is 48.0 Å². The molecule has 2 saturated heterocycles. The fraction of sp³-hybridized carbons (Fsp3) is 0.476. The van der Waals surface area contributed by atoms with Crippen LogP contribution < -0.4 is 5.32 Å². The van der Waals surface area contributed by atoms with E-state index in [0.29, 0.717) is 12.6 Å². The van der Waals surface area contributed by atoms with Gasteiger partial charge in [-0.1, -0.05) is 0 Å². The third-order valence-electron chi connectivity index (χ3n) is 6.42. The monoisotopic (exact) mass is 427 g/mol. The van der Waals surface area contributed by atoms with Gasteiger partial charge in [0.2, 0.25) is 5.91 Å². The van der Waals surface area contributed by atoms with Gasteiger partial charge >= 0.3 is 0 Å². The van der Waals surface area contributed by atoms with Crippen LogP contribution in [0.1, 0.15) is 36.8 Å². The molecule has 5 rings (SSSR count). The summed E-state index contributed by atoms with van der Waals surface area (Å²) in [7, 11) is 0. The lowest BCUT2D eigenvalue weighted by molar-refractivity contribution is -0.132. The Hall–Kier alpha value is -2.03. The van der Waals surface area contributed by atoms with Gasteiger partial charge in [-0.3, -0.25) is 14.8 Å². The van der Waals surface area contributed by atoms with Gasteiger partial charge in [0.25, 0.3) is 0 Å². The van der Waals surface area contributed by atoms with Crippen molar-refractivity contribution in [2.45, 2.75) is 51.2 Å². The Morgan fingerprint density at radius 2 is 2.31 bits per heavy atom. The SMILES string of the molecule is CCNC(=O)[C@@]1(Cc2cscn2)C[C@H]2CC[C@@H]1N2Cc1ccc(-c2ccn[nH]2)s1. The van der Waals surface area contributed by atoms with Gasteiger partial charge in [0.05, 0.1) is 27.2 Å². The van der Waals surface area contributed by atoms with Gasteiger partial charge in [-0.2, -0.15) is 5.10 Å². The molecule has 2 aliphatic heterocycles. The van der Waals surface area contributed by atoms with E-state index in [9.17, 15) is 4.79 Å². The fourth-order valence-corrected chi connectivity index (χ4v) is 6.78. The molecule has 0 aliphatic carbocycles. The predicted molar refractivity (Wildman–Crippen MR) is 116 cm³/mol. The van der Waals surface area contributed by atoms with Crippen molar-refractivity contribution in [2.75, 3.05) is 6.54 Å². The molecule has 0 aromatic carbocycles. The van der Waals surface area contributed by atoms with Crippen LogP contribution in [0.2, 0.25) is 0 Å². The predicted octanol–water partition coefficient (Wildman–Crippen LogP) is 3.70. The first-order chi connectivity index (χ1) is 14.2. The number of carbonyl (C=O) groups excluding carboxylic acids is 1. The number of hydrogen-bond acceptors (Lipinski definition) is 6. The summed E-state index contributed by atoms with van der Waals surface area (Å²) in [5.74, 6) is 0.203. The Kier molecular flexibility index (Phi) is 5.01. The first-order valence-electron chi connectivity index (χ1n) is 10.2. The van der Waals surface area contributed by atoms with Crippen LogP contribution in [0.4, 0.5) is 0 Å². The number of carbonyl (C=O) groups is 1. The number of aromatic nitrogens is 3. The maximum absolute atomic E-state index is 13.3. The second-order valence-electron chi connectivity index (χ2n) is 8.03. The number of fused-ring (bicyclic) bond motifs is 2. The lowest BCUT2D eigenvalue weighted by Gasteiger charge is -2.36. The molecule has 2 aliphatic rings. The van der Waals surface area contributed by atoms with Crippen LogP contribution in [-0.2, 0) is 17.8 Å². The van der Waals surface area contributed by atoms with E-state index in [0.717, 1.165) is 37.2 Å². The number of thiophene rings is 1. The largest absolute Gasteiger partial charge is 0.356 e. The molecular formula is C21H25N5OS2. The average Bonchev–Trinajstić information content (AvgIpc) is 3.53. The summed E-state index contributed by atoms with van der Waals surface area (Å²) in [5, 5.41) is 12.3. The Labute approximate surface area is 178 Å². The zero-order valence-electron chi connectivity index (χ0n) is 16.4. The van der Waals surface area contributed by atoms with Crippen LogP contribution in [0.3, 0.4) is 0 Å². The number of thiazole rings is 1. The number of nitrogens with zero attached hydrogens (tertiary/aromatic N) is 3. The number of hydrogen-bond donors (Lipinski definition) is 2. The summed E-state index contributed by atoms with van der Waals surface area (Å²) >= 11 is 3.42. The second kappa shape index (κ2) is 7.66. The fourth-order valence-electron chi connectivity index (χ4n) is 5.22. The van der Waals surface area contributed by atoms with E-state index in [2.05, 4.69) is 42.9 Å². The van der Waals surface area contributed by atoms with Crippen molar-refractivity contribution >= 4 is 28.6 Å². The summed E-state index contributed by atoms with van der Waals surface area (Å²) in [5.41, 5.74) is 3.61. The molecule has 29 heavy (non-hydrogen) atoms. The highest BCUT2D eigenvalue weighted by Crippen LogP contribution is 2.52. The zero-order chi connectivity index (χ0) is 19.8.